The molecule has 0 aliphatic rings. The highest BCUT2D eigenvalue weighted by Crippen LogP contribution is 2.22. The number of rotatable bonds is 13. The lowest BCUT2D eigenvalue weighted by Gasteiger charge is -2.27. The van der Waals surface area contributed by atoms with Gasteiger partial charge in [-0.1, -0.05) is 37.3 Å². The summed E-state index contributed by atoms with van der Waals surface area (Å²) in [5.74, 6) is 0.672. The Balaban J connectivity index is 1.43. The molecule has 3 aromatic carbocycles. The van der Waals surface area contributed by atoms with E-state index in [1.54, 1.807) is 35.4 Å². The van der Waals surface area contributed by atoms with Crippen molar-refractivity contribution in [1.82, 2.24) is 15.3 Å². The molecule has 4 rings (SSSR count). The van der Waals surface area contributed by atoms with Crippen LogP contribution in [-0.2, 0) is 6.54 Å². The van der Waals surface area contributed by atoms with Crippen LogP contribution in [0, 0.1) is 22.7 Å². The largest absolute Gasteiger partial charge is 0.356 e. The molecule has 1 heterocycles. The van der Waals surface area contributed by atoms with Crippen LogP contribution in [0.3, 0.4) is 0 Å². The number of hydrazine groups is 1. The Morgan fingerprint density at radius 1 is 0.810 bits per heavy atom. The molecule has 42 heavy (non-hydrogen) atoms. The minimum absolute atomic E-state index is 0.171. The Labute approximate surface area is 247 Å². The van der Waals surface area contributed by atoms with Gasteiger partial charge in [-0.05, 0) is 79.1 Å². The topological polar surface area (TPSA) is 120 Å². The molecule has 9 heteroatoms. The molecule has 0 spiro atoms. The lowest BCUT2D eigenvalue weighted by Crippen LogP contribution is -2.42. The molecule has 1 aromatic heterocycles. The average molecular weight is 559 g/mol. The molecule has 4 aromatic rings. The molecule has 0 radical (unpaired) electrons. The van der Waals surface area contributed by atoms with Crippen LogP contribution in [0.25, 0.3) is 0 Å². The fourth-order valence-electron chi connectivity index (χ4n) is 4.34. The van der Waals surface area contributed by atoms with Gasteiger partial charge >= 0.3 is 6.03 Å². The van der Waals surface area contributed by atoms with Gasteiger partial charge in [0.1, 0.15) is 11.9 Å². The van der Waals surface area contributed by atoms with E-state index in [0.29, 0.717) is 43.0 Å². The van der Waals surface area contributed by atoms with Gasteiger partial charge in [0.25, 0.3) is 0 Å². The number of pyridine rings is 1. The summed E-state index contributed by atoms with van der Waals surface area (Å²) in [5, 5.41) is 26.5. The standard InChI is InChI=1S/C33H34N8O/c1-2-19-40(39-32-18-11-28(23-35)25-36-32)20-6-21-41(33(42)37-24-27-7-4-3-5-8-27)31-16-14-30(15-17-31)38-29-12-9-26(22-34)10-13-29/h3-5,7-18,25,38H,2,6,19-21,24H2,1H3,(H,36,39)(H,37,42). The van der Waals surface area contributed by atoms with E-state index in [1.165, 1.54) is 0 Å². The van der Waals surface area contributed by atoms with Crippen LogP contribution in [0.15, 0.2) is 97.2 Å². The van der Waals surface area contributed by atoms with Gasteiger partial charge in [-0.15, -0.1) is 0 Å². The highest BCUT2D eigenvalue weighted by molar-refractivity contribution is 5.92. The van der Waals surface area contributed by atoms with Gasteiger partial charge in [-0.2, -0.15) is 10.5 Å². The molecule has 0 unspecified atom stereocenters. The number of amides is 2. The van der Waals surface area contributed by atoms with Crippen LogP contribution >= 0.6 is 0 Å². The predicted octanol–water partition coefficient (Wildman–Crippen LogP) is 6.41. The van der Waals surface area contributed by atoms with Crippen molar-refractivity contribution in [3.05, 3.63) is 114 Å². The summed E-state index contributed by atoms with van der Waals surface area (Å²) in [6, 6.07) is 32.4. The SMILES string of the molecule is CCCN(CCCN(C(=O)NCc1ccccc1)c1ccc(Nc2ccc(C#N)cc2)cc1)Nc1ccc(C#N)cn1. The summed E-state index contributed by atoms with van der Waals surface area (Å²) in [7, 11) is 0. The van der Waals surface area contributed by atoms with Gasteiger partial charge in [-0.25, -0.2) is 14.8 Å². The van der Waals surface area contributed by atoms with Crippen LogP contribution in [0.5, 0.6) is 0 Å². The van der Waals surface area contributed by atoms with Gasteiger partial charge in [0.15, 0.2) is 0 Å². The summed E-state index contributed by atoms with van der Waals surface area (Å²) in [5.41, 5.74) is 8.01. The summed E-state index contributed by atoms with van der Waals surface area (Å²) >= 11 is 0. The molecule has 0 bridgehead atoms. The first-order valence-corrected chi connectivity index (χ1v) is 13.9. The van der Waals surface area contributed by atoms with Crippen molar-refractivity contribution in [1.29, 1.82) is 10.5 Å². The maximum absolute atomic E-state index is 13.4. The number of carbonyl (C=O) groups is 1. The molecule has 2 amide bonds. The predicted molar refractivity (Wildman–Crippen MR) is 166 cm³/mol. The minimum Gasteiger partial charge on any atom is -0.356 e. The van der Waals surface area contributed by atoms with Crippen molar-refractivity contribution in [2.45, 2.75) is 26.3 Å². The number of benzene rings is 3. The normalized spacial score (nSPS) is 10.4. The van der Waals surface area contributed by atoms with E-state index in [1.807, 2.05) is 66.7 Å². The number of hydrogen-bond acceptors (Lipinski definition) is 7. The molecule has 0 aliphatic carbocycles. The van der Waals surface area contributed by atoms with Crippen LogP contribution in [0.2, 0.25) is 0 Å². The monoisotopic (exact) mass is 558 g/mol. The highest BCUT2D eigenvalue weighted by atomic mass is 16.2. The summed E-state index contributed by atoms with van der Waals surface area (Å²) < 4.78 is 0. The van der Waals surface area contributed by atoms with E-state index < -0.39 is 0 Å². The smallest absolute Gasteiger partial charge is 0.322 e. The molecule has 3 N–H and O–H groups in total. The van der Waals surface area contributed by atoms with E-state index in [0.717, 1.165) is 35.6 Å². The van der Waals surface area contributed by atoms with Crippen LogP contribution in [-0.4, -0.2) is 35.7 Å². The molecule has 0 fully saturated rings. The Bertz CT molecular complexity index is 1490. The average Bonchev–Trinajstić information content (AvgIpc) is 3.04. The first-order chi connectivity index (χ1) is 20.6. The second-order valence-corrected chi connectivity index (χ2v) is 9.65. The first kappa shape index (κ1) is 29.6. The quantitative estimate of drug-likeness (QED) is 0.162. The van der Waals surface area contributed by atoms with Crippen molar-refractivity contribution in [3.8, 4) is 12.1 Å². The third kappa shape index (κ3) is 8.82. The van der Waals surface area contributed by atoms with Crippen molar-refractivity contribution >= 4 is 28.9 Å². The van der Waals surface area contributed by atoms with Gasteiger partial charge < -0.3 is 16.1 Å². The Morgan fingerprint density at radius 2 is 1.48 bits per heavy atom. The number of hydrogen-bond donors (Lipinski definition) is 3. The second kappa shape index (κ2) is 15.4. The number of anilines is 4. The third-order valence-corrected chi connectivity index (χ3v) is 6.48. The number of nitriles is 2. The van der Waals surface area contributed by atoms with Gasteiger partial charge in [-0.3, -0.25) is 4.90 Å². The summed E-state index contributed by atoms with van der Waals surface area (Å²) in [6.07, 6.45) is 3.21. The van der Waals surface area contributed by atoms with Crippen molar-refractivity contribution in [3.63, 3.8) is 0 Å². The summed E-state index contributed by atoms with van der Waals surface area (Å²) in [4.78, 5) is 19.5. The minimum atomic E-state index is -0.171. The maximum atomic E-state index is 13.4. The zero-order chi connectivity index (χ0) is 29.6. The molecular formula is C33H34N8O. The number of nitrogens with one attached hydrogen (secondary N) is 3. The molecule has 0 atom stereocenters. The molecular weight excluding hydrogens is 524 g/mol. The zero-order valence-electron chi connectivity index (χ0n) is 23.6. The van der Waals surface area contributed by atoms with Crippen LogP contribution in [0.1, 0.15) is 36.5 Å². The Hall–Kier alpha value is -5.38. The lowest BCUT2D eigenvalue weighted by atomic mass is 10.2. The van der Waals surface area contributed by atoms with Gasteiger partial charge in [0, 0.05) is 49.4 Å². The lowest BCUT2D eigenvalue weighted by molar-refractivity contribution is 0.245. The van der Waals surface area contributed by atoms with Crippen LogP contribution in [0.4, 0.5) is 27.7 Å². The fraction of sp³-hybridized carbons (Fsp3) is 0.212. The van der Waals surface area contributed by atoms with E-state index in [4.69, 9.17) is 10.5 Å². The molecule has 9 nitrogen and oxygen atoms in total. The number of nitrogens with zero attached hydrogens (tertiary/aromatic N) is 5. The third-order valence-electron chi connectivity index (χ3n) is 6.48. The number of urea groups is 1. The van der Waals surface area contributed by atoms with E-state index in [-0.39, 0.29) is 6.03 Å². The molecule has 0 saturated carbocycles. The Morgan fingerprint density at radius 3 is 2.10 bits per heavy atom. The second-order valence-electron chi connectivity index (χ2n) is 9.65. The zero-order valence-corrected chi connectivity index (χ0v) is 23.6. The van der Waals surface area contributed by atoms with E-state index in [2.05, 4.69) is 45.1 Å². The van der Waals surface area contributed by atoms with Crippen molar-refractivity contribution in [2.75, 3.05) is 35.3 Å². The highest BCUT2D eigenvalue weighted by Gasteiger charge is 2.16. The van der Waals surface area contributed by atoms with E-state index >= 15 is 0 Å². The molecule has 212 valence electrons. The number of carbonyl (C=O) groups excluding carboxylic acids is 1. The van der Waals surface area contributed by atoms with Gasteiger partial charge in [0.05, 0.1) is 17.2 Å². The van der Waals surface area contributed by atoms with Gasteiger partial charge in [0.2, 0.25) is 0 Å². The van der Waals surface area contributed by atoms with E-state index in [9.17, 15) is 4.79 Å². The maximum Gasteiger partial charge on any atom is 0.322 e. The summed E-state index contributed by atoms with van der Waals surface area (Å²) in [6.45, 7) is 4.54. The Kier molecular flexibility index (Phi) is 10.9. The molecule has 0 saturated heterocycles. The fourth-order valence-corrected chi connectivity index (χ4v) is 4.34. The first-order valence-electron chi connectivity index (χ1n) is 13.9. The van der Waals surface area contributed by atoms with Crippen molar-refractivity contribution in [2.24, 2.45) is 0 Å². The number of aromatic nitrogens is 1. The molecule has 0 aliphatic heterocycles. The van der Waals surface area contributed by atoms with Crippen LogP contribution < -0.4 is 21.0 Å². The van der Waals surface area contributed by atoms with Crippen molar-refractivity contribution < 1.29 is 4.79 Å².